The Bertz CT molecular complexity index is 564. The Morgan fingerprint density at radius 3 is 2.95 bits per heavy atom. The van der Waals surface area contributed by atoms with Crippen LogP contribution in [0.4, 0.5) is 0 Å². The van der Waals surface area contributed by atoms with Crippen molar-refractivity contribution in [3.8, 4) is 0 Å². The zero-order valence-corrected chi connectivity index (χ0v) is 12.0. The predicted molar refractivity (Wildman–Crippen MR) is 77.7 cm³/mol. The Labute approximate surface area is 119 Å². The Kier molecular flexibility index (Phi) is 3.64. The number of fused-ring (bicyclic) bond motifs is 4. The largest absolute Gasteiger partial charge is 0.342 e. The maximum absolute atomic E-state index is 12.2. The summed E-state index contributed by atoms with van der Waals surface area (Å²) in [4.78, 5) is 26.2. The first kappa shape index (κ1) is 13.4. The van der Waals surface area contributed by atoms with Crippen molar-refractivity contribution in [1.29, 1.82) is 0 Å². The van der Waals surface area contributed by atoms with Crippen molar-refractivity contribution in [2.24, 2.45) is 5.92 Å². The molecule has 4 nitrogen and oxygen atoms in total. The summed E-state index contributed by atoms with van der Waals surface area (Å²) in [5, 5.41) is 0. The molecular formula is C16H22N2O2. The van der Waals surface area contributed by atoms with E-state index >= 15 is 0 Å². The summed E-state index contributed by atoms with van der Waals surface area (Å²) in [5.74, 6) is 1.06. The number of aromatic nitrogens is 1. The van der Waals surface area contributed by atoms with Crippen molar-refractivity contribution < 1.29 is 4.79 Å². The fourth-order valence-corrected chi connectivity index (χ4v) is 3.59. The molecular weight excluding hydrogens is 252 g/mol. The number of hydrogen-bond acceptors (Lipinski definition) is 2. The molecule has 0 N–H and O–H groups in total. The topological polar surface area (TPSA) is 42.3 Å². The zero-order chi connectivity index (χ0) is 14.1. The highest BCUT2D eigenvalue weighted by atomic mass is 16.2. The average Bonchev–Trinajstić information content (AvgIpc) is 2.46. The average molecular weight is 274 g/mol. The predicted octanol–water partition coefficient (Wildman–Crippen LogP) is 1.98. The molecule has 20 heavy (non-hydrogen) atoms. The number of likely N-dealkylation sites (tertiary alicyclic amines) is 1. The van der Waals surface area contributed by atoms with Crippen molar-refractivity contribution >= 4 is 5.91 Å². The van der Waals surface area contributed by atoms with Gasteiger partial charge in [-0.2, -0.15) is 0 Å². The van der Waals surface area contributed by atoms with Crippen LogP contribution < -0.4 is 5.56 Å². The van der Waals surface area contributed by atoms with Gasteiger partial charge in [-0.05, 0) is 24.8 Å². The third-order valence-electron chi connectivity index (χ3n) is 4.58. The van der Waals surface area contributed by atoms with Crippen LogP contribution in [0, 0.1) is 5.92 Å². The van der Waals surface area contributed by atoms with Gasteiger partial charge >= 0.3 is 0 Å². The van der Waals surface area contributed by atoms with Crippen LogP contribution in [0.3, 0.4) is 0 Å². The Hall–Kier alpha value is -1.58. The van der Waals surface area contributed by atoms with Crippen LogP contribution in [0.25, 0.3) is 0 Å². The van der Waals surface area contributed by atoms with Gasteiger partial charge in [-0.1, -0.05) is 19.4 Å². The molecule has 3 rings (SSSR count). The normalized spacial score (nSPS) is 24.4. The van der Waals surface area contributed by atoms with E-state index in [2.05, 4.69) is 6.92 Å². The molecule has 1 aromatic heterocycles. The van der Waals surface area contributed by atoms with Gasteiger partial charge in [0.15, 0.2) is 0 Å². The van der Waals surface area contributed by atoms with E-state index < -0.39 is 0 Å². The van der Waals surface area contributed by atoms with E-state index in [-0.39, 0.29) is 11.5 Å². The van der Waals surface area contributed by atoms with Crippen LogP contribution in [0.1, 0.15) is 44.2 Å². The number of carbonyl (C=O) groups is 1. The van der Waals surface area contributed by atoms with Gasteiger partial charge in [0, 0.05) is 43.7 Å². The number of rotatable bonds is 3. The SMILES string of the molecule is CCCCC(=O)N1CC2C[C@@H](C1)c1cccc(=O)n1C2. The monoisotopic (exact) mass is 274 g/mol. The van der Waals surface area contributed by atoms with Crippen LogP contribution in [-0.2, 0) is 11.3 Å². The van der Waals surface area contributed by atoms with E-state index in [1.54, 1.807) is 6.07 Å². The van der Waals surface area contributed by atoms with Gasteiger partial charge in [-0.3, -0.25) is 9.59 Å². The molecule has 0 spiro atoms. The molecule has 1 unspecified atom stereocenters. The second-order valence-corrected chi connectivity index (χ2v) is 6.10. The lowest BCUT2D eigenvalue weighted by Gasteiger charge is -2.42. The van der Waals surface area contributed by atoms with Crippen LogP contribution in [0.15, 0.2) is 23.0 Å². The Morgan fingerprint density at radius 1 is 1.30 bits per heavy atom. The minimum Gasteiger partial charge on any atom is -0.342 e. The van der Waals surface area contributed by atoms with Gasteiger partial charge in [0.25, 0.3) is 5.56 Å². The van der Waals surface area contributed by atoms with E-state index in [1.165, 1.54) is 0 Å². The van der Waals surface area contributed by atoms with Gasteiger partial charge in [-0.15, -0.1) is 0 Å². The Balaban J connectivity index is 1.80. The minimum absolute atomic E-state index is 0.1000. The number of carbonyl (C=O) groups excluding carboxylic acids is 1. The van der Waals surface area contributed by atoms with Gasteiger partial charge in [0.05, 0.1) is 0 Å². The molecule has 4 heteroatoms. The molecule has 1 aromatic rings. The summed E-state index contributed by atoms with van der Waals surface area (Å²) < 4.78 is 1.91. The van der Waals surface area contributed by atoms with Crippen LogP contribution in [-0.4, -0.2) is 28.5 Å². The lowest BCUT2D eigenvalue weighted by Crippen LogP contribution is -2.49. The first-order valence-electron chi connectivity index (χ1n) is 7.66. The number of unbranched alkanes of at least 4 members (excludes halogenated alkanes) is 1. The number of piperidine rings is 1. The van der Waals surface area contributed by atoms with Gasteiger partial charge in [0.1, 0.15) is 0 Å². The first-order valence-corrected chi connectivity index (χ1v) is 7.66. The van der Waals surface area contributed by atoms with Crippen molar-refractivity contribution in [1.82, 2.24) is 9.47 Å². The summed E-state index contributed by atoms with van der Waals surface area (Å²) >= 11 is 0. The van der Waals surface area contributed by atoms with Gasteiger partial charge in [0.2, 0.25) is 5.91 Å². The number of nitrogens with zero attached hydrogens (tertiary/aromatic N) is 2. The fraction of sp³-hybridized carbons (Fsp3) is 0.625. The van der Waals surface area contributed by atoms with Crippen LogP contribution in [0.5, 0.6) is 0 Å². The molecule has 1 fully saturated rings. The minimum atomic E-state index is 0.1000. The maximum Gasteiger partial charge on any atom is 0.250 e. The van der Waals surface area contributed by atoms with E-state index in [1.807, 2.05) is 21.6 Å². The molecule has 2 aliphatic heterocycles. The lowest BCUT2D eigenvalue weighted by molar-refractivity contribution is -0.134. The van der Waals surface area contributed by atoms with Gasteiger partial charge in [-0.25, -0.2) is 0 Å². The fourth-order valence-electron chi connectivity index (χ4n) is 3.59. The van der Waals surface area contributed by atoms with Crippen molar-refractivity contribution in [2.75, 3.05) is 13.1 Å². The molecule has 0 aromatic carbocycles. The van der Waals surface area contributed by atoms with Crippen LogP contribution >= 0.6 is 0 Å². The second-order valence-electron chi connectivity index (χ2n) is 6.10. The van der Waals surface area contributed by atoms with Gasteiger partial charge < -0.3 is 9.47 Å². The summed E-state index contributed by atoms with van der Waals surface area (Å²) in [6.45, 7) is 4.48. The molecule has 2 bridgehead atoms. The molecule has 2 aliphatic rings. The third kappa shape index (κ3) is 2.39. The smallest absolute Gasteiger partial charge is 0.250 e. The van der Waals surface area contributed by atoms with E-state index in [0.717, 1.165) is 44.6 Å². The molecule has 0 aliphatic carbocycles. The summed E-state index contributed by atoms with van der Waals surface area (Å²) in [5.41, 5.74) is 1.21. The number of hydrogen-bond donors (Lipinski definition) is 0. The highest BCUT2D eigenvalue weighted by molar-refractivity contribution is 5.76. The first-order chi connectivity index (χ1) is 9.69. The second kappa shape index (κ2) is 5.43. The number of pyridine rings is 1. The summed E-state index contributed by atoms with van der Waals surface area (Å²) in [7, 11) is 0. The zero-order valence-electron chi connectivity index (χ0n) is 12.0. The molecule has 108 valence electrons. The van der Waals surface area contributed by atoms with Crippen molar-refractivity contribution in [3.05, 3.63) is 34.2 Å². The molecule has 1 amide bonds. The quantitative estimate of drug-likeness (QED) is 0.846. The summed E-state index contributed by atoms with van der Waals surface area (Å²) in [6.07, 6.45) is 3.81. The van der Waals surface area contributed by atoms with E-state index in [0.29, 0.717) is 18.3 Å². The van der Waals surface area contributed by atoms with Crippen molar-refractivity contribution in [3.63, 3.8) is 0 Å². The molecule has 0 radical (unpaired) electrons. The molecule has 3 heterocycles. The Morgan fingerprint density at radius 2 is 2.15 bits per heavy atom. The molecule has 0 saturated carbocycles. The summed E-state index contributed by atoms with van der Waals surface area (Å²) in [6, 6.07) is 5.52. The van der Waals surface area contributed by atoms with E-state index in [9.17, 15) is 9.59 Å². The standard InChI is InChI=1S/C16H22N2O2/c1-2-3-6-15(19)17-9-12-8-13(11-17)14-5-4-7-16(20)18(14)10-12/h4-5,7,12-13H,2-3,6,8-11H2,1H3/t12?,13-/m0/s1. The van der Waals surface area contributed by atoms with E-state index in [4.69, 9.17) is 0 Å². The lowest BCUT2D eigenvalue weighted by atomic mass is 9.83. The van der Waals surface area contributed by atoms with Crippen LogP contribution in [0.2, 0.25) is 0 Å². The maximum atomic E-state index is 12.2. The highest BCUT2D eigenvalue weighted by Gasteiger charge is 2.35. The molecule has 1 saturated heterocycles. The number of amides is 1. The third-order valence-corrected chi connectivity index (χ3v) is 4.58. The highest BCUT2D eigenvalue weighted by Crippen LogP contribution is 2.35. The van der Waals surface area contributed by atoms with Crippen molar-refractivity contribution in [2.45, 2.75) is 45.1 Å². The molecule has 2 atom stereocenters.